The summed E-state index contributed by atoms with van der Waals surface area (Å²) in [4.78, 5) is 0. The zero-order chi connectivity index (χ0) is 9.68. The molecule has 0 aromatic carbocycles. The number of hydrogen-bond donors (Lipinski definition) is 3. The first kappa shape index (κ1) is 11.0. The number of aliphatic hydroxyl groups is 2. The average Bonchev–Trinajstić information content (AvgIpc) is 2.66. The van der Waals surface area contributed by atoms with Gasteiger partial charge in [-0.15, -0.1) is 0 Å². The molecule has 3 nitrogen and oxygen atoms in total. The highest BCUT2D eigenvalue weighted by molar-refractivity contribution is 4.77. The maximum absolute atomic E-state index is 9.14. The van der Waals surface area contributed by atoms with E-state index in [0.29, 0.717) is 12.6 Å². The summed E-state index contributed by atoms with van der Waals surface area (Å²) in [6.45, 7) is 2.53. The average molecular weight is 187 g/mol. The van der Waals surface area contributed by atoms with Crippen LogP contribution in [0.25, 0.3) is 0 Å². The van der Waals surface area contributed by atoms with Crippen molar-refractivity contribution in [1.29, 1.82) is 0 Å². The Balaban J connectivity index is 2.12. The molecule has 2 atom stereocenters. The monoisotopic (exact) mass is 187 g/mol. The molecule has 0 aromatic heterocycles. The largest absolute Gasteiger partial charge is 0.394 e. The molecule has 0 radical (unpaired) electrons. The third kappa shape index (κ3) is 3.63. The molecular weight excluding hydrogens is 166 g/mol. The van der Waals surface area contributed by atoms with Crippen LogP contribution in [0.2, 0.25) is 0 Å². The number of rotatable bonds is 5. The van der Waals surface area contributed by atoms with Crippen molar-refractivity contribution in [2.45, 2.75) is 44.8 Å². The molecule has 78 valence electrons. The molecule has 0 heterocycles. The van der Waals surface area contributed by atoms with Gasteiger partial charge < -0.3 is 15.5 Å². The molecule has 1 saturated carbocycles. The van der Waals surface area contributed by atoms with Crippen molar-refractivity contribution in [2.24, 2.45) is 5.92 Å². The lowest BCUT2D eigenvalue weighted by Crippen LogP contribution is -2.38. The highest BCUT2D eigenvalue weighted by Crippen LogP contribution is 2.27. The maximum Gasteiger partial charge on any atom is 0.0895 e. The highest BCUT2D eigenvalue weighted by Gasteiger charge is 2.21. The molecule has 3 N–H and O–H groups in total. The summed E-state index contributed by atoms with van der Waals surface area (Å²) in [6.07, 6.45) is 4.70. The highest BCUT2D eigenvalue weighted by atomic mass is 16.3. The van der Waals surface area contributed by atoms with Crippen molar-refractivity contribution in [3.05, 3.63) is 0 Å². The minimum absolute atomic E-state index is 0.148. The van der Waals surface area contributed by atoms with Gasteiger partial charge in [-0.1, -0.05) is 12.8 Å². The molecule has 1 fully saturated rings. The quantitative estimate of drug-likeness (QED) is 0.588. The summed E-state index contributed by atoms with van der Waals surface area (Å²) in [6, 6.07) is 0.476. The van der Waals surface area contributed by atoms with Crippen LogP contribution >= 0.6 is 0 Å². The van der Waals surface area contributed by atoms with E-state index in [4.69, 9.17) is 10.2 Å². The van der Waals surface area contributed by atoms with Gasteiger partial charge >= 0.3 is 0 Å². The predicted octanol–water partition coefficient (Wildman–Crippen LogP) is 0.508. The van der Waals surface area contributed by atoms with E-state index < -0.39 is 6.10 Å². The van der Waals surface area contributed by atoms with Gasteiger partial charge in [0.2, 0.25) is 0 Å². The molecule has 0 aliphatic heterocycles. The van der Waals surface area contributed by atoms with Gasteiger partial charge in [-0.05, 0) is 25.7 Å². The predicted molar refractivity (Wildman–Crippen MR) is 52.5 cm³/mol. The van der Waals surface area contributed by atoms with Crippen molar-refractivity contribution < 1.29 is 10.2 Å². The van der Waals surface area contributed by atoms with Gasteiger partial charge in [0.15, 0.2) is 0 Å². The molecular formula is C10H21NO2. The van der Waals surface area contributed by atoms with Crippen molar-refractivity contribution in [2.75, 3.05) is 13.2 Å². The Labute approximate surface area is 80.2 Å². The first-order valence-corrected chi connectivity index (χ1v) is 5.26. The Morgan fingerprint density at radius 2 is 2.00 bits per heavy atom. The molecule has 0 spiro atoms. The van der Waals surface area contributed by atoms with E-state index >= 15 is 0 Å². The molecule has 1 aliphatic rings. The number of aliphatic hydroxyl groups excluding tert-OH is 2. The van der Waals surface area contributed by atoms with Gasteiger partial charge in [-0.2, -0.15) is 0 Å². The van der Waals surface area contributed by atoms with E-state index in [1.807, 2.05) is 0 Å². The zero-order valence-electron chi connectivity index (χ0n) is 8.37. The lowest BCUT2D eigenvalue weighted by Gasteiger charge is -2.21. The van der Waals surface area contributed by atoms with Crippen LogP contribution in [-0.2, 0) is 0 Å². The summed E-state index contributed by atoms with van der Waals surface area (Å²) >= 11 is 0. The molecule has 3 heteroatoms. The first-order chi connectivity index (χ1) is 6.24. The zero-order valence-corrected chi connectivity index (χ0v) is 8.37. The lowest BCUT2D eigenvalue weighted by atomic mass is 10.00. The van der Waals surface area contributed by atoms with E-state index in [9.17, 15) is 0 Å². The van der Waals surface area contributed by atoms with E-state index in [1.54, 1.807) is 0 Å². The Morgan fingerprint density at radius 1 is 1.38 bits per heavy atom. The fraction of sp³-hybridized carbons (Fsp3) is 1.00. The van der Waals surface area contributed by atoms with Crippen LogP contribution in [0.3, 0.4) is 0 Å². The van der Waals surface area contributed by atoms with Crippen molar-refractivity contribution >= 4 is 0 Å². The minimum Gasteiger partial charge on any atom is -0.394 e. The molecule has 0 bridgehead atoms. The van der Waals surface area contributed by atoms with Crippen LogP contribution in [0.1, 0.15) is 32.6 Å². The third-order valence-corrected chi connectivity index (χ3v) is 2.99. The number of nitrogens with one attached hydrogen (secondary N) is 1. The Hall–Kier alpha value is -0.120. The van der Waals surface area contributed by atoms with E-state index in [0.717, 1.165) is 5.92 Å². The minimum atomic E-state index is -0.608. The van der Waals surface area contributed by atoms with Crippen LogP contribution in [0, 0.1) is 5.92 Å². The fourth-order valence-electron chi connectivity index (χ4n) is 2.01. The summed E-state index contributed by atoms with van der Waals surface area (Å²) in [7, 11) is 0. The Morgan fingerprint density at radius 3 is 2.54 bits per heavy atom. The summed E-state index contributed by atoms with van der Waals surface area (Å²) in [5.41, 5.74) is 0. The van der Waals surface area contributed by atoms with Crippen LogP contribution < -0.4 is 5.32 Å². The van der Waals surface area contributed by atoms with Crippen molar-refractivity contribution in [3.8, 4) is 0 Å². The standard InChI is InChI=1S/C10H21NO2/c1-8(9-4-2-3-5-9)11-6-10(13)7-12/h8-13H,2-7H2,1H3/t8-,10-/m0/s1. The molecule has 0 aromatic rings. The normalized spacial score (nSPS) is 23.3. The molecule has 1 rings (SSSR count). The Kier molecular flexibility index (Phi) is 4.70. The second-order valence-electron chi connectivity index (χ2n) is 4.08. The van der Waals surface area contributed by atoms with Crippen LogP contribution in [0.5, 0.6) is 0 Å². The van der Waals surface area contributed by atoms with Crippen LogP contribution in [-0.4, -0.2) is 35.5 Å². The van der Waals surface area contributed by atoms with E-state index in [-0.39, 0.29) is 6.61 Å². The lowest BCUT2D eigenvalue weighted by molar-refractivity contribution is 0.0903. The van der Waals surface area contributed by atoms with Crippen molar-refractivity contribution in [3.63, 3.8) is 0 Å². The van der Waals surface area contributed by atoms with Gasteiger partial charge in [0.25, 0.3) is 0 Å². The molecule has 0 unspecified atom stereocenters. The second-order valence-corrected chi connectivity index (χ2v) is 4.08. The molecule has 0 amide bonds. The van der Waals surface area contributed by atoms with E-state index in [2.05, 4.69) is 12.2 Å². The second kappa shape index (κ2) is 5.58. The van der Waals surface area contributed by atoms with Crippen molar-refractivity contribution in [1.82, 2.24) is 5.32 Å². The topological polar surface area (TPSA) is 52.5 Å². The van der Waals surface area contributed by atoms with Gasteiger partial charge in [0.05, 0.1) is 12.7 Å². The Bertz CT molecular complexity index is 135. The summed E-state index contributed by atoms with van der Waals surface area (Å²) in [5, 5.41) is 21.0. The van der Waals surface area contributed by atoms with E-state index in [1.165, 1.54) is 25.7 Å². The van der Waals surface area contributed by atoms with Gasteiger partial charge in [-0.25, -0.2) is 0 Å². The first-order valence-electron chi connectivity index (χ1n) is 5.26. The molecule has 1 aliphatic carbocycles. The molecule has 0 saturated heterocycles. The summed E-state index contributed by atoms with van der Waals surface area (Å²) < 4.78 is 0. The van der Waals surface area contributed by atoms with Gasteiger partial charge in [0, 0.05) is 12.6 Å². The fourth-order valence-corrected chi connectivity index (χ4v) is 2.01. The van der Waals surface area contributed by atoms with Crippen LogP contribution in [0.4, 0.5) is 0 Å². The number of hydrogen-bond acceptors (Lipinski definition) is 3. The van der Waals surface area contributed by atoms with Gasteiger partial charge in [0.1, 0.15) is 0 Å². The SMILES string of the molecule is C[C@H](NC[C@H](O)CO)C1CCCC1. The molecule has 13 heavy (non-hydrogen) atoms. The van der Waals surface area contributed by atoms with Gasteiger partial charge in [-0.3, -0.25) is 0 Å². The van der Waals surface area contributed by atoms with Crippen LogP contribution in [0.15, 0.2) is 0 Å². The third-order valence-electron chi connectivity index (χ3n) is 2.99. The smallest absolute Gasteiger partial charge is 0.0895 e. The summed E-state index contributed by atoms with van der Waals surface area (Å²) in [5.74, 6) is 0.769. The maximum atomic E-state index is 9.14.